The predicted octanol–water partition coefficient (Wildman–Crippen LogP) is 3.57. The molecular weight excluding hydrogens is 325 g/mol. The highest BCUT2D eigenvalue weighted by molar-refractivity contribution is 7.11. The topological polar surface area (TPSA) is 45.2 Å². The second-order valence-electron chi connectivity index (χ2n) is 5.69. The first-order valence-electron chi connectivity index (χ1n) is 7.47. The minimum atomic E-state index is -1.50. The largest absolute Gasteiger partial charge is 0.394 e. The SMILES string of the molecule is Cc1nc2c(s1)C(NC(CO)c1cc(F)c(F)c(F)c1)CCC2. The van der Waals surface area contributed by atoms with Crippen LogP contribution in [0.1, 0.15) is 46.1 Å². The lowest BCUT2D eigenvalue weighted by Crippen LogP contribution is -2.30. The number of fused-ring (bicyclic) bond motifs is 1. The molecule has 1 aromatic carbocycles. The van der Waals surface area contributed by atoms with Crippen LogP contribution in [0.15, 0.2) is 12.1 Å². The van der Waals surface area contributed by atoms with Crippen LogP contribution in [0, 0.1) is 24.4 Å². The van der Waals surface area contributed by atoms with Crippen molar-refractivity contribution in [1.82, 2.24) is 10.3 Å². The summed E-state index contributed by atoms with van der Waals surface area (Å²) in [5.41, 5.74) is 1.24. The normalized spacial score (nSPS) is 18.7. The van der Waals surface area contributed by atoms with Crippen LogP contribution in [0.4, 0.5) is 13.2 Å². The van der Waals surface area contributed by atoms with E-state index in [9.17, 15) is 18.3 Å². The van der Waals surface area contributed by atoms with Gasteiger partial charge in [0.05, 0.1) is 23.4 Å². The van der Waals surface area contributed by atoms with E-state index in [0.29, 0.717) is 0 Å². The maximum Gasteiger partial charge on any atom is 0.194 e. The zero-order chi connectivity index (χ0) is 16.6. The first-order valence-corrected chi connectivity index (χ1v) is 8.28. The molecule has 1 aliphatic carbocycles. The van der Waals surface area contributed by atoms with Crippen molar-refractivity contribution in [2.24, 2.45) is 0 Å². The molecule has 0 spiro atoms. The predicted molar refractivity (Wildman–Crippen MR) is 81.8 cm³/mol. The van der Waals surface area contributed by atoms with Crippen molar-refractivity contribution in [3.05, 3.63) is 50.7 Å². The molecule has 2 aromatic rings. The van der Waals surface area contributed by atoms with Gasteiger partial charge in [0, 0.05) is 10.9 Å². The van der Waals surface area contributed by atoms with Gasteiger partial charge >= 0.3 is 0 Å². The quantitative estimate of drug-likeness (QED) is 0.835. The maximum absolute atomic E-state index is 13.4. The van der Waals surface area contributed by atoms with E-state index in [1.165, 1.54) is 0 Å². The van der Waals surface area contributed by atoms with Crippen molar-refractivity contribution >= 4 is 11.3 Å². The van der Waals surface area contributed by atoms with Crippen molar-refractivity contribution in [3.8, 4) is 0 Å². The van der Waals surface area contributed by atoms with Gasteiger partial charge in [-0.15, -0.1) is 11.3 Å². The molecule has 3 rings (SSSR count). The molecule has 7 heteroatoms. The second-order valence-corrected chi connectivity index (χ2v) is 6.92. The molecule has 0 saturated carbocycles. The summed E-state index contributed by atoms with van der Waals surface area (Å²) >= 11 is 1.59. The Balaban J connectivity index is 1.86. The Kier molecular flexibility index (Phi) is 4.70. The van der Waals surface area contributed by atoms with Gasteiger partial charge in [-0.05, 0) is 43.9 Å². The number of halogens is 3. The molecule has 124 valence electrons. The Morgan fingerprint density at radius 3 is 2.70 bits per heavy atom. The molecule has 3 nitrogen and oxygen atoms in total. The minimum absolute atomic E-state index is 0.0294. The molecule has 2 unspecified atom stereocenters. The summed E-state index contributed by atoms with van der Waals surface area (Å²) in [5.74, 6) is -4.00. The van der Waals surface area contributed by atoms with Gasteiger partial charge in [0.2, 0.25) is 0 Å². The average molecular weight is 342 g/mol. The van der Waals surface area contributed by atoms with E-state index in [4.69, 9.17) is 0 Å². The van der Waals surface area contributed by atoms with Crippen LogP contribution >= 0.6 is 11.3 Å². The number of aliphatic hydroxyl groups is 1. The number of thiazole rings is 1. The van der Waals surface area contributed by atoms with Crippen molar-refractivity contribution in [2.45, 2.75) is 38.3 Å². The number of aromatic nitrogens is 1. The second kappa shape index (κ2) is 6.59. The van der Waals surface area contributed by atoms with Gasteiger partial charge in [0.25, 0.3) is 0 Å². The lowest BCUT2D eigenvalue weighted by atomic mass is 9.96. The van der Waals surface area contributed by atoms with Crippen molar-refractivity contribution < 1.29 is 18.3 Å². The number of rotatable bonds is 4. The number of nitrogens with one attached hydrogen (secondary N) is 1. The Morgan fingerprint density at radius 2 is 2.04 bits per heavy atom. The fourth-order valence-electron chi connectivity index (χ4n) is 2.97. The molecule has 0 aliphatic heterocycles. The van der Waals surface area contributed by atoms with E-state index >= 15 is 0 Å². The molecule has 0 bridgehead atoms. The Morgan fingerprint density at radius 1 is 1.35 bits per heavy atom. The Labute approximate surface area is 136 Å². The summed E-state index contributed by atoms with van der Waals surface area (Å²) in [6.07, 6.45) is 2.73. The van der Waals surface area contributed by atoms with Gasteiger partial charge in [-0.3, -0.25) is 0 Å². The zero-order valence-electron chi connectivity index (χ0n) is 12.6. The van der Waals surface area contributed by atoms with Gasteiger partial charge in [0.15, 0.2) is 17.5 Å². The number of aliphatic hydroxyl groups excluding tert-OH is 1. The number of nitrogens with zero attached hydrogens (tertiary/aromatic N) is 1. The summed E-state index contributed by atoms with van der Waals surface area (Å²) in [5, 5.41) is 13.8. The Bertz CT molecular complexity index is 696. The van der Waals surface area contributed by atoms with Crippen LogP contribution in [-0.4, -0.2) is 16.7 Å². The van der Waals surface area contributed by atoms with Crippen LogP contribution in [0.3, 0.4) is 0 Å². The maximum atomic E-state index is 13.4. The minimum Gasteiger partial charge on any atom is -0.394 e. The van der Waals surface area contributed by atoms with Crippen LogP contribution in [0.5, 0.6) is 0 Å². The fraction of sp³-hybridized carbons (Fsp3) is 0.438. The third kappa shape index (κ3) is 3.27. The summed E-state index contributed by atoms with van der Waals surface area (Å²) < 4.78 is 39.9. The fourth-order valence-corrected chi connectivity index (χ4v) is 4.04. The number of aryl methyl sites for hydroxylation is 2. The van der Waals surface area contributed by atoms with Gasteiger partial charge in [0.1, 0.15) is 0 Å². The van der Waals surface area contributed by atoms with E-state index in [1.807, 2.05) is 6.92 Å². The highest BCUT2D eigenvalue weighted by atomic mass is 32.1. The molecule has 2 atom stereocenters. The highest BCUT2D eigenvalue weighted by Gasteiger charge is 2.27. The lowest BCUT2D eigenvalue weighted by molar-refractivity contribution is 0.228. The zero-order valence-corrected chi connectivity index (χ0v) is 13.4. The number of hydrogen-bond acceptors (Lipinski definition) is 4. The number of benzene rings is 1. The molecule has 0 radical (unpaired) electrons. The summed E-state index contributed by atoms with van der Waals surface area (Å²) in [7, 11) is 0. The molecule has 0 saturated heterocycles. The monoisotopic (exact) mass is 342 g/mol. The summed E-state index contributed by atoms with van der Waals surface area (Å²) in [6.45, 7) is 1.60. The van der Waals surface area contributed by atoms with Crippen molar-refractivity contribution in [3.63, 3.8) is 0 Å². The molecule has 0 amide bonds. The van der Waals surface area contributed by atoms with Gasteiger partial charge < -0.3 is 10.4 Å². The van der Waals surface area contributed by atoms with Crippen molar-refractivity contribution in [2.75, 3.05) is 6.61 Å². The highest BCUT2D eigenvalue weighted by Crippen LogP contribution is 2.35. The average Bonchev–Trinajstić information content (AvgIpc) is 2.90. The first kappa shape index (κ1) is 16.4. The van der Waals surface area contributed by atoms with E-state index in [2.05, 4.69) is 10.3 Å². The molecular formula is C16H17F3N2OS. The molecule has 0 fully saturated rings. The van der Waals surface area contributed by atoms with Crippen molar-refractivity contribution in [1.29, 1.82) is 0 Å². The number of hydrogen-bond donors (Lipinski definition) is 2. The lowest BCUT2D eigenvalue weighted by Gasteiger charge is -2.27. The molecule has 23 heavy (non-hydrogen) atoms. The first-order chi connectivity index (χ1) is 11.0. The molecule has 1 aliphatic rings. The molecule has 1 heterocycles. The standard InChI is InChI=1S/C16H17F3N2OS/c1-8-20-12-3-2-4-13(16(12)23-8)21-14(7-22)9-5-10(17)15(19)11(18)6-9/h5-6,13-14,21-22H,2-4,7H2,1H3. The van der Waals surface area contributed by atoms with Crippen LogP contribution in [-0.2, 0) is 6.42 Å². The van der Waals surface area contributed by atoms with Gasteiger partial charge in [-0.2, -0.15) is 0 Å². The van der Waals surface area contributed by atoms with E-state index in [1.54, 1.807) is 11.3 Å². The molecule has 2 N–H and O–H groups in total. The van der Waals surface area contributed by atoms with Crippen LogP contribution in [0.2, 0.25) is 0 Å². The van der Waals surface area contributed by atoms with E-state index in [0.717, 1.165) is 47.0 Å². The third-order valence-electron chi connectivity index (χ3n) is 4.05. The Hall–Kier alpha value is -1.44. The van der Waals surface area contributed by atoms with Crippen LogP contribution in [0.25, 0.3) is 0 Å². The van der Waals surface area contributed by atoms with Gasteiger partial charge in [-0.1, -0.05) is 0 Å². The summed E-state index contributed by atoms with van der Waals surface area (Å²) in [4.78, 5) is 5.60. The third-order valence-corrected chi connectivity index (χ3v) is 5.18. The van der Waals surface area contributed by atoms with E-state index < -0.39 is 23.5 Å². The smallest absolute Gasteiger partial charge is 0.194 e. The van der Waals surface area contributed by atoms with Gasteiger partial charge in [-0.25, -0.2) is 18.2 Å². The van der Waals surface area contributed by atoms with Crippen LogP contribution < -0.4 is 5.32 Å². The van der Waals surface area contributed by atoms with E-state index in [-0.39, 0.29) is 18.2 Å². The molecule has 1 aromatic heterocycles. The summed E-state index contributed by atoms with van der Waals surface area (Å²) in [6, 6.07) is 1.15.